The fraction of sp³-hybridized carbons (Fsp3) is 0.500. The average molecular weight is 449 g/mol. The van der Waals surface area contributed by atoms with Gasteiger partial charge >= 0.3 is 5.97 Å². The number of piperidine rings is 1. The summed E-state index contributed by atoms with van der Waals surface area (Å²) >= 11 is 0. The molecule has 1 saturated heterocycles. The first kappa shape index (κ1) is 22.3. The van der Waals surface area contributed by atoms with Crippen molar-refractivity contribution >= 4 is 11.9 Å². The Hall–Kier alpha value is -2.85. The highest BCUT2D eigenvalue weighted by atomic mass is 19.1. The van der Waals surface area contributed by atoms with Crippen LogP contribution in [0.2, 0.25) is 0 Å². The number of aliphatic hydroxyl groups excluding tert-OH is 1. The minimum absolute atomic E-state index is 0.0338. The molecule has 0 radical (unpaired) electrons. The third kappa shape index (κ3) is 4.51. The fourth-order valence-corrected chi connectivity index (χ4v) is 4.85. The molecule has 1 aromatic carbocycles. The Morgan fingerprint density at radius 3 is 2.75 bits per heavy atom. The van der Waals surface area contributed by atoms with Gasteiger partial charge in [-0.3, -0.25) is 14.5 Å². The second-order valence-electron chi connectivity index (χ2n) is 8.45. The summed E-state index contributed by atoms with van der Waals surface area (Å²) in [6.45, 7) is 0.981. The topological polar surface area (TPSA) is 116 Å². The van der Waals surface area contributed by atoms with E-state index in [9.17, 15) is 28.6 Å². The van der Waals surface area contributed by atoms with Gasteiger partial charge in [-0.1, -0.05) is 11.6 Å². The van der Waals surface area contributed by atoms with Crippen molar-refractivity contribution < 1.29 is 33.1 Å². The Balaban J connectivity index is 1.44. The average Bonchev–Trinajstić information content (AvgIpc) is 3.43. The van der Waals surface area contributed by atoms with Gasteiger partial charge < -0.3 is 20.1 Å². The molecule has 8 nitrogen and oxygen atoms in total. The van der Waals surface area contributed by atoms with Crippen molar-refractivity contribution in [1.29, 1.82) is 0 Å². The van der Waals surface area contributed by atoms with Crippen molar-refractivity contribution in [3.63, 3.8) is 0 Å². The number of nitrogens with zero attached hydrogens (tertiary/aromatic N) is 2. The van der Waals surface area contributed by atoms with Crippen LogP contribution in [0.4, 0.5) is 8.78 Å². The molecule has 4 rings (SSSR count). The minimum Gasteiger partial charge on any atom is -0.481 e. The highest BCUT2D eigenvalue weighted by molar-refractivity contribution is 5.93. The maximum Gasteiger partial charge on any atom is 0.309 e. The lowest BCUT2D eigenvalue weighted by Gasteiger charge is -2.41. The Morgan fingerprint density at radius 2 is 2.03 bits per heavy atom. The van der Waals surface area contributed by atoms with Gasteiger partial charge in [-0.15, -0.1) is 0 Å². The SMILES string of the molecule is O=C(N[C@@H]1CCN(C2CCCC2CO)C[C@H]1C(=O)O)c1cc(-c2ccc(F)cc2F)on1. The van der Waals surface area contributed by atoms with E-state index in [1.54, 1.807) is 0 Å². The number of hydrogen-bond donors (Lipinski definition) is 3. The molecule has 1 aliphatic heterocycles. The maximum absolute atomic E-state index is 14.0. The second kappa shape index (κ2) is 9.33. The molecule has 172 valence electrons. The normalized spacial score (nSPS) is 26.2. The highest BCUT2D eigenvalue weighted by Crippen LogP contribution is 2.33. The van der Waals surface area contributed by atoms with Gasteiger partial charge in [0.05, 0.1) is 11.5 Å². The third-order valence-corrected chi connectivity index (χ3v) is 6.54. The molecule has 1 aliphatic carbocycles. The molecule has 2 fully saturated rings. The van der Waals surface area contributed by atoms with E-state index in [1.807, 2.05) is 0 Å². The van der Waals surface area contributed by atoms with Crippen LogP contribution in [0.25, 0.3) is 11.3 Å². The lowest BCUT2D eigenvalue weighted by atomic mass is 9.89. The van der Waals surface area contributed by atoms with Gasteiger partial charge in [-0.05, 0) is 37.3 Å². The summed E-state index contributed by atoms with van der Waals surface area (Å²) in [5.41, 5.74) is -0.156. The zero-order valence-electron chi connectivity index (χ0n) is 17.3. The van der Waals surface area contributed by atoms with E-state index < -0.39 is 35.5 Å². The van der Waals surface area contributed by atoms with Crippen LogP contribution in [0.1, 0.15) is 36.2 Å². The van der Waals surface area contributed by atoms with Crippen molar-refractivity contribution in [2.75, 3.05) is 19.7 Å². The smallest absolute Gasteiger partial charge is 0.309 e. The van der Waals surface area contributed by atoms with Gasteiger partial charge in [0.1, 0.15) is 11.6 Å². The molecule has 1 amide bonds. The van der Waals surface area contributed by atoms with Crippen LogP contribution < -0.4 is 5.32 Å². The van der Waals surface area contributed by atoms with Crippen LogP contribution in [0.3, 0.4) is 0 Å². The monoisotopic (exact) mass is 449 g/mol. The number of aromatic nitrogens is 1. The van der Waals surface area contributed by atoms with E-state index in [0.717, 1.165) is 25.3 Å². The summed E-state index contributed by atoms with van der Waals surface area (Å²) in [7, 11) is 0. The number of hydrogen-bond acceptors (Lipinski definition) is 6. The molecule has 4 atom stereocenters. The van der Waals surface area contributed by atoms with Gasteiger partial charge in [0.25, 0.3) is 5.91 Å². The Morgan fingerprint density at radius 1 is 1.22 bits per heavy atom. The van der Waals surface area contributed by atoms with Crippen LogP contribution in [0.5, 0.6) is 0 Å². The van der Waals surface area contributed by atoms with E-state index in [2.05, 4.69) is 15.4 Å². The quantitative estimate of drug-likeness (QED) is 0.620. The van der Waals surface area contributed by atoms with Crippen molar-refractivity contribution in [2.45, 2.75) is 37.8 Å². The predicted octanol–water partition coefficient (Wildman–Crippen LogP) is 2.29. The molecular weight excluding hydrogens is 424 g/mol. The van der Waals surface area contributed by atoms with Crippen LogP contribution in [0.15, 0.2) is 28.8 Å². The number of carboxylic acids is 1. The molecule has 2 aromatic rings. The van der Waals surface area contributed by atoms with Crippen LogP contribution in [-0.2, 0) is 4.79 Å². The first-order chi connectivity index (χ1) is 15.4. The molecule has 1 saturated carbocycles. The number of aliphatic carboxylic acids is 1. The summed E-state index contributed by atoms with van der Waals surface area (Å²) in [5.74, 6) is -3.91. The van der Waals surface area contributed by atoms with Gasteiger partial charge in [0, 0.05) is 43.9 Å². The first-order valence-corrected chi connectivity index (χ1v) is 10.7. The molecular formula is C22H25F2N3O5. The van der Waals surface area contributed by atoms with Crippen molar-refractivity contribution in [1.82, 2.24) is 15.4 Å². The standard InChI is InChI=1S/C22H25F2N3O5/c23-13-4-5-14(16(24)8-13)20-9-18(26-32-20)21(29)25-17-6-7-27(10-15(17)22(30)31)19-3-1-2-12(19)11-28/h4-5,8-9,12,15,17,19,28H,1-3,6-7,10-11H2,(H,25,29)(H,30,31)/t12?,15-,17-,19?/m1/s1. The van der Waals surface area contributed by atoms with E-state index in [-0.39, 0.29) is 42.1 Å². The Bertz CT molecular complexity index is 998. The number of halogens is 2. The number of carbonyl (C=O) groups excluding carboxylic acids is 1. The Labute approximate surface area is 183 Å². The number of nitrogens with one attached hydrogen (secondary N) is 1. The van der Waals surface area contributed by atoms with Crippen LogP contribution >= 0.6 is 0 Å². The number of likely N-dealkylation sites (tertiary alicyclic amines) is 1. The summed E-state index contributed by atoms with van der Waals surface area (Å²) in [4.78, 5) is 26.7. The summed E-state index contributed by atoms with van der Waals surface area (Å²) in [6, 6.07) is 3.74. The molecule has 1 aromatic heterocycles. The number of carbonyl (C=O) groups is 2. The molecule has 0 bridgehead atoms. The predicted molar refractivity (Wildman–Crippen MR) is 109 cm³/mol. The van der Waals surface area contributed by atoms with Crippen molar-refractivity contribution in [2.24, 2.45) is 11.8 Å². The molecule has 10 heteroatoms. The van der Waals surface area contributed by atoms with Crippen molar-refractivity contribution in [3.05, 3.63) is 41.6 Å². The first-order valence-electron chi connectivity index (χ1n) is 10.7. The molecule has 32 heavy (non-hydrogen) atoms. The van der Waals surface area contributed by atoms with E-state index in [1.165, 1.54) is 12.1 Å². The van der Waals surface area contributed by atoms with Gasteiger partial charge in [0.15, 0.2) is 11.5 Å². The van der Waals surface area contributed by atoms with Gasteiger partial charge in [-0.2, -0.15) is 0 Å². The molecule has 0 spiro atoms. The van der Waals surface area contributed by atoms with Gasteiger partial charge in [-0.25, -0.2) is 8.78 Å². The van der Waals surface area contributed by atoms with E-state index in [4.69, 9.17) is 4.52 Å². The number of benzene rings is 1. The van der Waals surface area contributed by atoms with Gasteiger partial charge in [0.2, 0.25) is 0 Å². The molecule has 3 N–H and O–H groups in total. The molecule has 2 aliphatic rings. The highest BCUT2D eigenvalue weighted by Gasteiger charge is 2.40. The van der Waals surface area contributed by atoms with E-state index >= 15 is 0 Å². The number of rotatable bonds is 6. The van der Waals surface area contributed by atoms with Crippen LogP contribution in [-0.4, -0.2) is 63.9 Å². The molecule has 2 unspecified atom stereocenters. The zero-order valence-corrected chi connectivity index (χ0v) is 17.3. The summed E-state index contributed by atoms with van der Waals surface area (Å²) in [5, 5.41) is 25.7. The minimum atomic E-state index is -1.01. The number of carboxylic acid groups (broad SMARTS) is 1. The number of aliphatic hydroxyl groups is 1. The summed E-state index contributed by atoms with van der Waals surface area (Å²) < 4.78 is 32.1. The Kier molecular flexibility index (Phi) is 6.52. The fourth-order valence-electron chi connectivity index (χ4n) is 4.85. The lowest BCUT2D eigenvalue weighted by Crippen LogP contribution is -2.56. The molecule has 2 heterocycles. The number of amides is 1. The summed E-state index contributed by atoms with van der Waals surface area (Å²) in [6.07, 6.45) is 3.30. The second-order valence-corrected chi connectivity index (χ2v) is 8.45. The largest absolute Gasteiger partial charge is 0.481 e. The van der Waals surface area contributed by atoms with Crippen LogP contribution in [0, 0.1) is 23.5 Å². The lowest BCUT2D eigenvalue weighted by molar-refractivity contribution is -0.145. The van der Waals surface area contributed by atoms with Crippen molar-refractivity contribution in [3.8, 4) is 11.3 Å². The van der Waals surface area contributed by atoms with E-state index in [0.29, 0.717) is 19.0 Å². The zero-order chi connectivity index (χ0) is 22.8. The third-order valence-electron chi connectivity index (χ3n) is 6.54. The maximum atomic E-state index is 14.0.